The van der Waals surface area contributed by atoms with E-state index in [2.05, 4.69) is 0 Å². The quantitative estimate of drug-likeness (QED) is 0.405. The van der Waals surface area contributed by atoms with Gasteiger partial charge in [-0.05, 0) is 52.6 Å². The van der Waals surface area contributed by atoms with Crippen LogP contribution in [0.5, 0.6) is 5.75 Å². The Morgan fingerprint density at radius 3 is 2.57 bits per heavy atom. The van der Waals surface area contributed by atoms with Crippen molar-refractivity contribution in [2.24, 2.45) is 0 Å². The molecule has 0 aromatic heterocycles. The fourth-order valence-corrected chi connectivity index (χ4v) is 3.81. The second-order valence-corrected chi connectivity index (χ2v) is 7.43. The number of ketones is 2. The second-order valence-electron chi connectivity index (χ2n) is 6.99. The molecule has 0 spiro atoms. The molecule has 4 heteroatoms. The predicted octanol–water partition coefficient (Wildman–Crippen LogP) is 5.56. The lowest BCUT2D eigenvalue weighted by Crippen LogP contribution is -2.21. The van der Waals surface area contributed by atoms with Crippen LogP contribution in [-0.2, 0) is 16.0 Å². The first-order chi connectivity index (χ1) is 14.6. The Labute approximate surface area is 180 Å². The highest BCUT2D eigenvalue weighted by atomic mass is 35.5. The maximum absolute atomic E-state index is 13.2. The molecule has 3 aromatic rings. The smallest absolute Gasteiger partial charge is 0.190 e. The predicted molar refractivity (Wildman–Crippen MR) is 120 cm³/mol. The Morgan fingerprint density at radius 2 is 1.80 bits per heavy atom. The zero-order chi connectivity index (χ0) is 21.1. The first-order valence-corrected chi connectivity index (χ1v) is 9.93. The van der Waals surface area contributed by atoms with Gasteiger partial charge in [0, 0.05) is 17.0 Å². The lowest BCUT2D eigenvalue weighted by molar-refractivity contribution is -0.119. The summed E-state index contributed by atoms with van der Waals surface area (Å²) in [5.41, 5.74) is 4.14. The van der Waals surface area contributed by atoms with E-state index in [0.29, 0.717) is 16.3 Å². The van der Waals surface area contributed by atoms with Crippen molar-refractivity contribution < 1.29 is 14.3 Å². The van der Waals surface area contributed by atoms with Crippen LogP contribution >= 0.6 is 11.6 Å². The van der Waals surface area contributed by atoms with Gasteiger partial charge >= 0.3 is 0 Å². The summed E-state index contributed by atoms with van der Waals surface area (Å²) in [6.45, 7) is 0. The van der Waals surface area contributed by atoms with Crippen LogP contribution in [0.2, 0.25) is 5.02 Å². The molecule has 148 valence electrons. The Balaban J connectivity index is 1.83. The van der Waals surface area contributed by atoms with Gasteiger partial charge in [0.1, 0.15) is 5.75 Å². The summed E-state index contributed by atoms with van der Waals surface area (Å²) in [5, 5.41) is 0.565. The number of hydrogen-bond acceptors (Lipinski definition) is 3. The lowest BCUT2D eigenvalue weighted by atomic mass is 9.80. The van der Waals surface area contributed by atoms with E-state index in [9.17, 15) is 9.59 Å². The van der Waals surface area contributed by atoms with E-state index in [1.54, 1.807) is 19.3 Å². The molecule has 0 saturated heterocycles. The van der Waals surface area contributed by atoms with Gasteiger partial charge in [0.15, 0.2) is 11.6 Å². The molecule has 3 nitrogen and oxygen atoms in total. The summed E-state index contributed by atoms with van der Waals surface area (Å²) < 4.78 is 5.23. The SMILES string of the molecule is COc1cccc(C=CC(=O)C2=C(c3ccccc3)c3cc(Cl)ccc3CC2=O)c1. The van der Waals surface area contributed by atoms with Gasteiger partial charge in [-0.15, -0.1) is 0 Å². The van der Waals surface area contributed by atoms with Crippen molar-refractivity contribution in [1.29, 1.82) is 0 Å². The number of hydrogen-bond donors (Lipinski definition) is 0. The van der Waals surface area contributed by atoms with E-state index in [4.69, 9.17) is 16.3 Å². The van der Waals surface area contributed by atoms with E-state index in [-0.39, 0.29) is 23.6 Å². The Morgan fingerprint density at radius 1 is 1.00 bits per heavy atom. The molecular weight excluding hydrogens is 396 g/mol. The third-order valence-electron chi connectivity index (χ3n) is 5.05. The number of allylic oxidation sites excluding steroid dienone is 2. The van der Waals surface area contributed by atoms with Crippen molar-refractivity contribution in [3.63, 3.8) is 0 Å². The number of rotatable bonds is 5. The van der Waals surface area contributed by atoms with E-state index >= 15 is 0 Å². The molecule has 0 saturated carbocycles. The molecule has 0 atom stereocenters. The third-order valence-corrected chi connectivity index (χ3v) is 5.29. The molecule has 0 radical (unpaired) electrons. The summed E-state index contributed by atoms with van der Waals surface area (Å²) in [4.78, 5) is 26.2. The van der Waals surface area contributed by atoms with Crippen molar-refractivity contribution in [2.75, 3.05) is 7.11 Å². The zero-order valence-corrected chi connectivity index (χ0v) is 17.1. The van der Waals surface area contributed by atoms with Crippen molar-refractivity contribution in [3.8, 4) is 5.75 Å². The number of halogens is 1. The van der Waals surface area contributed by atoms with Gasteiger partial charge in [0.05, 0.1) is 12.7 Å². The van der Waals surface area contributed by atoms with Crippen LogP contribution in [-0.4, -0.2) is 18.7 Å². The molecule has 1 aliphatic rings. The normalized spacial score (nSPS) is 13.5. The fraction of sp³-hybridized carbons (Fsp3) is 0.0769. The van der Waals surface area contributed by atoms with Crippen molar-refractivity contribution in [1.82, 2.24) is 0 Å². The molecule has 30 heavy (non-hydrogen) atoms. The van der Waals surface area contributed by atoms with Crippen LogP contribution in [0.25, 0.3) is 11.6 Å². The van der Waals surface area contributed by atoms with Crippen LogP contribution in [0.4, 0.5) is 0 Å². The largest absolute Gasteiger partial charge is 0.497 e. The van der Waals surface area contributed by atoms with E-state index in [1.807, 2.05) is 66.7 Å². The standard InChI is InChI=1S/C26H19ClO3/c1-30-21-9-5-6-17(14-21)10-13-23(28)26-24(29)15-19-11-12-20(27)16-22(19)25(26)18-7-3-2-4-8-18/h2-14,16H,15H2,1H3. The number of carbonyl (C=O) groups is 2. The van der Waals surface area contributed by atoms with Crippen molar-refractivity contribution in [3.05, 3.63) is 112 Å². The van der Waals surface area contributed by atoms with Gasteiger partial charge in [0.2, 0.25) is 0 Å². The minimum Gasteiger partial charge on any atom is -0.497 e. The molecule has 3 aromatic carbocycles. The van der Waals surface area contributed by atoms with Gasteiger partial charge in [-0.3, -0.25) is 9.59 Å². The summed E-state index contributed by atoms with van der Waals surface area (Å²) in [6.07, 6.45) is 3.32. The number of methoxy groups -OCH3 is 1. The minimum absolute atomic E-state index is 0.177. The number of carbonyl (C=O) groups excluding carboxylic acids is 2. The topological polar surface area (TPSA) is 43.4 Å². The molecule has 0 aliphatic heterocycles. The Kier molecular flexibility index (Phi) is 5.64. The summed E-state index contributed by atoms with van der Waals surface area (Å²) >= 11 is 6.24. The monoisotopic (exact) mass is 414 g/mol. The van der Waals surface area contributed by atoms with Gasteiger partial charge in [0.25, 0.3) is 0 Å². The van der Waals surface area contributed by atoms with Gasteiger partial charge in [-0.2, -0.15) is 0 Å². The molecule has 0 fully saturated rings. The molecule has 4 rings (SSSR count). The van der Waals surface area contributed by atoms with Crippen molar-refractivity contribution >= 4 is 34.8 Å². The Bertz CT molecular complexity index is 1190. The van der Waals surface area contributed by atoms with Crippen LogP contribution in [0.1, 0.15) is 22.3 Å². The third kappa shape index (κ3) is 3.98. The number of ether oxygens (including phenoxy) is 1. The van der Waals surface area contributed by atoms with Gasteiger partial charge < -0.3 is 4.74 Å². The van der Waals surface area contributed by atoms with E-state index in [0.717, 1.165) is 22.3 Å². The summed E-state index contributed by atoms with van der Waals surface area (Å²) in [7, 11) is 1.59. The van der Waals surface area contributed by atoms with Crippen LogP contribution in [0.15, 0.2) is 84.4 Å². The lowest BCUT2D eigenvalue weighted by Gasteiger charge is -2.22. The maximum Gasteiger partial charge on any atom is 0.190 e. The summed E-state index contributed by atoms with van der Waals surface area (Å²) in [6, 6.07) is 22.3. The average Bonchev–Trinajstić information content (AvgIpc) is 2.77. The highest BCUT2D eigenvalue weighted by molar-refractivity contribution is 6.33. The van der Waals surface area contributed by atoms with Crippen LogP contribution in [0.3, 0.4) is 0 Å². The zero-order valence-electron chi connectivity index (χ0n) is 16.4. The number of Topliss-reactive ketones (excluding diaryl/α,β-unsaturated/α-hetero) is 1. The van der Waals surface area contributed by atoms with Gasteiger partial charge in [-0.1, -0.05) is 66.2 Å². The molecular formula is C26H19ClO3. The highest BCUT2D eigenvalue weighted by Gasteiger charge is 2.29. The summed E-state index contributed by atoms with van der Waals surface area (Å²) in [5.74, 6) is 0.183. The van der Waals surface area contributed by atoms with Crippen LogP contribution < -0.4 is 4.74 Å². The molecule has 0 heterocycles. The first kappa shape index (κ1) is 19.9. The minimum atomic E-state index is -0.327. The molecule has 0 unspecified atom stereocenters. The molecule has 1 aliphatic carbocycles. The second kappa shape index (κ2) is 8.52. The number of fused-ring (bicyclic) bond motifs is 1. The van der Waals surface area contributed by atoms with E-state index in [1.165, 1.54) is 6.08 Å². The first-order valence-electron chi connectivity index (χ1n) is 9.55. The average molecular weight is 415 g/mol. The van der Waals surface area contributed by atoms with Crippen LogP contribution in [0, 0.1) is 0 Å². The van der Waals surface area contributed by atoms with Gasteiger partial charge in [-0.25, -0.2) is 0 Å². The molecule has 0 bridgehead atoms. The maximum atomic E-state index is 13.2. The Hall–Kier alpha value is -3.43. The molecule has 0 N–H and O–H groups in total. The van der Waals surface area contributed by atoms with E-state index < -0.39 is 0 Å². The fourth-order valence-electron chi connectivity index (χ4n) is 3.64. The molecule has 0 amide bonds. The van der Waals surface area contributed by atoms with Crippen molar-refractivity contribution in [2.45, 2.75) is 6.42 Å². The highest BCUT2D eigenvalue weighted by Crippen LogP contribution is 2.36. The number of benzene rings is 3.